The third kappa shape index (κ3) is 4.85. The second-order valence-electron chi connectivity index (χ2n) is 12.5. The average Bonchev–Trinajstić information content (AvgIpc) is 3.72. The quantitative estimate of drug-likeness (QED) is 0.244. The van der Waals surface area contributed by atoms with Crippen LogP contribution in [0.15, 0.2) is 79.9 Å². The molecule has 1 N–H and O–H groups in total. The molecular weight excluding hydrogens is 574 g/mol. The van der Waals surface area contributed by atoms with Crippen molar-refractivity contribution in [2.45, 2.75) is 56.6 Å². The second kappa shape index (κ2) is 11.9. The number of carbonyl (C=O) groups is 3. The van der Waals surface area contributed by atoms with Crippen LogP contribution in [0.4, 0.5) is 0 Å². The fraction of sp³-hybridized carbons (Fsp3) is 0.441. The maximum Gasteiger partial charge on any atom is 0.313 e. The third-order valence-corrected chi connectivity index (χ3v) is 9.89. The van der Waals surface area contributed by atoms with Crippen LogP contribution in [0.25, 0.3) is 11.0 Å². The monoisotopic (exact) mass is 613 g/mol. The Labute approximate surface area is 262 Å². The molecule has 0 saturated carbocycles. The van der Waals surface area contributed by atoms with Gasteiger partial charge in [-0.1, -0.05) is 73.3 Å². The molecule has 0 aliphatic carbocycles. The minimum Gasteiger partial charge on any atom is -0.461 e. The lowest BCUT2D eigenvalue weighted by Gasteiger charge is -2.39. The van der Waals surface area contributed by atoms with E-state index in [9.17, 15) is 19.5 Å². The molecule has 45 heavy (non-hydrogen) atoms. The number of amides is 2. The molecular formula is C34H39N5O6. The molecule has 3 fully saturated rings. The number of hydrogen-bond acceptors (Lipinski definition) is 8. The van der Waals surface area contributed by atoms with E-state index in [-0.39, 0.29) is 38.3 Å². The summed E-state index contributed by atoms with van der Waals surface area (Å²) in [4.78, 5) is 46.3. The molecule has 3 unspecified atom stereocenters. The van der Waals surface area contributed by atoms with Crippen molar-refractivity contribution < 1.29 is 29.0 Å². The van der Waals surface area contributed by atoms with Gasteiger partial charge in [0, 0.05) is 6.54 Å². The third-order valence-electron chi connectivity index (χ3n) is 9.89. The molecule has 11 heteroatoms. The van der Waals surface area contributed by atoms with Crippen LogP contribution >= 0.6 is 0 Å². The molecule has 3 aliphatic rings. The first-order valence-corrected chi connectivity index (χ1v) is 15.3. The Bertz CT molecular complexity index is 1630. The van der Waals surface area contributed by atoms with E-state index in [1.54, 1.807) is 15.7 Å². The molecule has 1 aromatic heterocycles. The van der Waals surface area contributed by atoms with Crippen LogP contribution < -0.4 is 0 Å². The first kappa shape index (κ1) is 30.7. The molecule has 3 aliphatic heterocycles. The van der Waals surface area contributed by atoms with Gasteiger partial charge in [0.2, 0.25) is 11.8 Å². The SMILES string of the molecule is C=CCOC(=O)[C@@H]1[C@H]2C(=O)N([C@@H](CO)Cc3ccccc3)C(C(=O)N(CC=C)Cn3nnc4ccccc43)C23CC(C)[C@@]1(C)O3. The Hall–Kier alpha value is -4.35. The fourth-order valence-corrected chi connectivity index (χ4v) is 7.81. The lowest BCUT2D eigenvalue weighted by Crippen LogP contribution is -2.59. The lowest BCUT2D eigenvalue weighted by atomic mass is 9.62. The first-order valence-electron chi connectivity index (χ1n) is 15.3. The Morgan fingerprint density at radius 1 is 1.18 bits per heavy atom. The van der Waals surface area contributed by atoms with Gasteiger partial charge in [0.1, 0.15) is 36.4 Å². The summed E-state index contributed by atoms with van der Waals surface area (Å²) in [6.07, 6.45) is 3.79. The van der Waals surface area contributed by atoms with E-state index in [1.165, 1.54) is 11.0 Å². The molecule has 236 valence electrons. The van der Waals surface area contributed by atoms with Crippen molar-refractivity contribution in [3.63, 3.8) is 0 Å². The summed E-state index contributed by atoms with van der Waals surface area (Å²) in [5, 5.41) is 19.3. The Balaban J connectivity index is 1.45. The van der Waals surface area contributed by atoms with E-state index in [2.05, 4.69) is 23.5 Å². The van der Waals surface area contributed by atoms with Crippen molar-refractivity contribution >= 4 is 28.8 Å². The molecule has 11 nitrogen and oxygen atoms in total. The Morgan fingerprint density at radius 3 is 2.62 bits per heavy atom. The van der Waals surface area contributed by atoms with Crippen LogP contribution in [0.2, 0.25) is 0 Å². The average molecular weight is 614 g/mol. The molecule has 6 rings (SSSR count). The normalized spacial score (nSPS) is 29.0. The topological polar surface area (TPSA) is 127 Å². The number of esters is 1. The zero-order valence-electron chi connectivity index (χ0n) is 25.6. The molecule has 0 radical (unpaired) electrons. The molecule has 3 aromatic rings. The van der Waals surface area contributed by atoms with Crippen molar-refractivity contribution in [2.24, 2.45) is 17.8 Å². The van der Waals surface area contributed by atoms with Crippen molar-refractivity contribution in [3.05, 3.63) is 85.5 Å². The van der Waals surface area contributed by atoms with Crippen molar-refractivity contribution in [1.82, 2.24) is 24.8 Å². The zero-order valence-corrected chi connectivity index (χ0v) is 25.6. The van der Waals surface area contributed by atoms with Crippen LogP contribution in [0.5, 0.6) is 0 Å². The smallest absolute Gasteiger partial charge is 0.313 e. The highest BCUT2D eigenvalue weighted by atomic mass is 16.6. The van der Waals surface area contributed by atoms with Crippen LogP contribution in [0.1, 0.15) is 25.8 Å². The highest BCUT2D eigenvalue weighted by Gasteiger charge is 2.80. The van der Waals surface area contributed by atoms with Gasteiger partial charge in [-0.2, -0.15) is 0 Å². The van der Waals surface area contributed by atoms with Gasteiger partial charge in [-0.05, 0) is 43.4 Å². The van der Waals surface area contributed by atoms with Gasteiger partial charge in [-0.25, -0.2) is 4.68 Å². The number of ether oxygens (including phenoxy) is 2. The molecule has 7 atom stereocenters. The van der Waals surface area contributed by atoms with Crippen molar-refractivity contribution in [2.75, 3.05) is 19.8 Å². The Kier molecular flexibility index (Phi) is 8.09. The van der Waals surface area contributed by atoms with E-state index in [4.69, 9.17) is 9.47 Å². The maximum absolute atomic E-state index is 14.9. The first-order chi connectivity index (χ1) is 21.7. The fourth-order valence-electron chi connectivity index (χ4n) is 7.81. The summed E-state index contributed by atoms with van der Waals surface area (Å²) >= 11 is 0. The number of rotatable bonds is 12. The summed E-state index contributed by atoms with van der Waals surface area (Å²) in [5.74, 6) is -3.40. The van der Waals surface area contributed by atoms with E-state index in [0.29, 0.717) is 18.4 Å². The van der Waals surface area contributed by atoms with Gasteiger partial charge in [-0.3, -0.25) is 14.4 Å². The van der Waals surface area contributed by atoms with Gasteiger partial charge in [0.05, 0.1) is 29.7 Å². The largest absolute Gasteiger partial charge is 0.461 e. The van der Waals surface area contributed by atoms with Gasteiger partial charge in [-0.15, -0.1) is 11.7 Å². The van der Waals surface area contributed by atoms with Crippen molar-refractivity contribution in [1.29, 1.82) is 0 Å². The number of para-hydroxylation sites is 1. The predicted octanol–water partition coefficient (Wildman–Crippen LogP) is 2.75. The molecule has 4 heterocycles. The highest BCUT2D eigenvalue weighted by molar-refractivity contribution is 5.99. The number of aliphatic hydroxyl groups excluding tert-OH is 1. The number of hydrogen-bond donors (Lipinski definition) is 1. The summed E-state index contributed by atoms with van der Waals surface area (Å²) in [6.45, 7) is 11.1. The van der Waals surface area contributed by atoms with Crippen LogP contribution in [0.3, 0.4) is 0 Å². The number of aliphatic hydroxyl groups is 1. The minimum atomic E-state index is -1.31. The number of likely N-dealkylation sites (tertiary alicyclic amines) is 1. The maximum atomic E-state index is 14.9. The van der Waals surface area contributed by atoms with Crippen LogP contribution in [-0.2, 0) is 36.9 Å². The summed E-state index contributed by atoms with van der Waals surface area (Å²) < 4.78 is 14.0. The van der Waals surface area contributed by atoms with Gasteiger partial charge in [0.15, 0.2) is 0 Å². The molecule has 3 saturated heterocycles. The minimum absolute atomic E-state index is 0.00791. The predicted molar refractivity (Wildman–Crippen MR) is 165 cm³/mol. The number of fused-ring (bicyclic) bond motifs is 2. The zero-order chi connectivity index (χ0) is 31.9. The standard InChI is InChI=1S/C34H39N5O6/c1-5-16-37(21-38-26-15-11-10-14-25(26)35-36-38)31(42)29-34-19-22(3)33(4,45-34)28(32(43)44-17-6-2)27(34)30(41)39(29)24(20-40)18-23-12-8-7-9-13-23/h5-15,22,24,27-29,40H,1-2,16-21H2,3-4H3/t22?,24-,27+,28+,29?,33-,34?/m1/s1. The van der Waals surface area contributed by atoms with E-state index >= 15 is 0 Å². The van der Waals surface area contributed by atoms with Crippen molar-refractivity contribution in [3.8, 4) is 0 Å². The van der Waals surface area contributed by atoms with Gasteiger partial charge in [0.25, 0.3) is 0 Å². The lowest BCUT2D eigenvalue weighted by molar-refractivity contribution is -0.163. The molecule has 2 bridgehead atoms. The number of nitrogens with zero attached hydrogens (tertiary/aromatic N) is 5. The number of benzene rings is 2. The van der Waals surface area contributed by atoms with Gasteiger partial charge >= 0.3 is 5.97 Å². The summed E-state index contributed by atoms with van der Waals surface area (Å²) in [7, 11) is 0. The molecule has 2 amide bonds. The second-order valence-corrected chi connectivity index (χ2v) is 12.5. The van der Waals surface area contributed by atoms with Crippen LogP contribution in [0, 0.1) is 17.8 Å². The summed E-state index contributed by atoms with van der Waals surface area (Å²) in [6, 6.07) is 15.1. The number of carbonyl (C=O) groups excluding carboxylic acids is 3. The summed E-state index contributed by atoms with van der Waals surface area (Å²) in [5.41, 5.74) is -0.00835. The van der Waals surface area contributed by atoms with E-state index in [0.717, 1.165) is 11.1 Å². The number of aromatic nitrogens is 3. The van der Waals surface area contributed by atoms with Gasteiger partial charge < -0.3 is 24.4 Å². The van der Waals surface area contributed by atoms with Crippen LogP contribution in [-0.4, -0.2) is 90.7 Å². The molecule has 2 aromatic carbocycles. The Morgan fingerprint density at radius 2 is 1.91 bits per heavy atom. The molecule has 1 spiro atoms. The van der Waals surface area contributed by atoms with E-state index < -0.39 is 47.0 Å². The van der Waals surface area contributed by atoms with E-state index in [1.807, 2.05) is 68.4 Å². The highest BCUT2D eigenvalue weighted by Crippen LogP contribution is 2.65.